The average molecular weight is 281 g/mol. The van der Waals surface area contributed by atoms with Gasteiger partial charge in [0.15, 0.2) is 15.6 Å². The maximum atomic E-state index is 11.8. The highest BCUT2D eigenvalue weighted by molar-refractivity contribution is 7.90. The van der Waals surface area contributed by atoms with E-state index in [-0.39, 0.29) is 10.7 Å². The van der Waals surface area contributed by atoms with Crippen LogP contribution in [0.1, 0.15) is 24.2 Å². The predicted octanol–water partition coefficient (Wildman–Crippen LogP) is 2.31. The molecule has 0 atom stereocenters. The number of hydrogen-bond acceptors (Lipinski definition) is 4. The van der Waals surface area contributed by atoms with Crippen LogP contribution in [0.15, 0.2) is 35.2 Å². The molecule has 1 aromatic rings. The fourth-order valence-electron chi connectivity index (χ4n) is 1.84. The SMILES string of the molecule is C=C(C)CN(C)c1cc(C(C)=O)ccc1S(C)(=O)=O. The van der Waals surface area contributed by atoms with Crippen LogP contribution in [0.5, 0.6) is 0 Å². The molecule has 0 bridgehead atoms. The summed E-state index contributed by atoms with van der Waals surface area (Å²) in [7, 11) is -1.56. The monoisotopic (exact) mass is 281 g/mol. The molecule has 0 spiro atoms. The van der Waals surface area contributed by atoms with E-state index in [1.807, 2.05) is 6.92 Å². The van der Waals surface area contributed by atoms with E-state index in [0.29, 0.717) is 17.8 Å². The lowest BCUT2D eigenvalue weighted by molar-refractivity contribution is 0.101. The van der Waals surface area contributed by atoms with E-state index in [2.05, 4.69) is 6.58 Å². The zero-order chi connectivity index (χ0) is 14.8. The van der Waals surface area contributed by atoms with Crippen LogP contribution < -0.4 is 4.90 Å². The molecule has 1 rings (SSSR count). The first kappa shape index (κ1) is 15.4. The zero-order valence-corrected chi connectivity index (χ0v) is 12.5. The molecule has 0 saturated heterocycles. The van der Waals surface area contributed by atoms with Crippen LogP contribution in [-0.2, 0) is 9.84 Å². The van der Waals surface area contributed by atoms with Gasteiger partial charge >= 0.3 is 0 Å². The number of likely N-dealkylation sites (N-methyl/N-ethyl adjacent to an activating group) is 1. The van der Waals surface area contributed by atoms with Crippen molar-refractivity contribution in [1.82, 2.24) is 0 Å². The van der Waals surface area contributed by atoms with Crippen LogP contribution >= 0.6 is 0 Å². The molecule has 0 radical (unpaired) electrons. The second-order valence-electron chi connectivity index (χ2n) is 4.82. The number of ketones is 1. The topological polar surface area (TPSA) is 54.5 Å². The van der Waals surface area contributed by atoms with Gasteiger partial charge in [0, 0.05) is 25.4 Å². The first-order chi connectivity index (χ1) is 8.62. The van der Waals surface area contributed by atoms with Crippen LogP contribution in [0.2, 0.25) is 0 Å². The quantitative estimate of drug-likeness (QED) is 0.614. The van der Waals surface area contributed by atoms with Crippen molar-refractivity contribution in [3.8, 4) is 0 Å². The zero-order valence-electron chi connectivity index (χ0n) is 11.7. The lowest BCUT2D eigenvalue weighted by atomic mass is 10.1. The van der Waals surface area contributed by atoms with E-state index in [1.165, 1.54) is 19.1 Å². The van der Waals surface area contributed by atoms with E-state index in [4.69, 9.17) is 0 Å². The number of sulfone groups is 1. The Morgan fingerprint density at radius 1 is 1.32 bits per heavy atom. The van der Waals surface area contributed by atoms with Gasteiger partial charge in [0.2, 0.25) is 0 Å². The third-order valence-corrected chi connectivity index (χ3v) is 3.83. The summed E-state index contributed by atoms with van der Waals surface area (Å²) in [6.07, 6.45) is 1.16. The van der Waals surface area contributed by atoms with E-state index in [0.717, 1.165) is 11.8 Å². The maximum absolute atomic E-state index is 11.8. The minimum atomic E-state index is -3.34. The van der Waals surface area contributed by atoms with Crippen LogP contribution in [0.4, 0.5) is 5.69 Å². The Morgan fingerprint density at radius 2 is 1.89 bits per heavy atom. The summed E-state index contributed by atoms with van der Waals surface area (Å²) in [5.74, 6) is -0.0926. The average Bonchev–Trinajstić information content (AvgIpc) is 2.25. The van der Waals surface area contributed by atoms with Crippen molar-refractivity contribution in [2.75, 3.05) is 24.7 Å². The Kier molecular flexibility index (Phi) is 4.52. The predicted molar refractivity (Wildman–Crippen MR) is 77.6 cm³/mol. The van der Waals surface area contributed by atoms with Gasteiger partial charge in [0.25, 0.3) is 0 Å². The summed E-state index contributed by atoms with van der Waals surface area (Å²) in [5, 5.41) is 0. The molecule has 0 aliphatic rings. The number of hydrogen-bond donors (Lipinski definition) is 0. The molecule has 5 heteroatoms. The summed E-state index contributed by atoms with van der Waals surface area (Å²) < 4.78 is 23.6. The maximum Gasteiger partial charge on any atom is 0.177 e. The highest BCUT2D eigenvalue weighted by atomic mass is 32.2. The molecule has 0 aliphatic heterocycles. The second kappa shape index (κ2) is 5.57. The first-order valence-electron chi connectivity index (χ1n) is 5.83. The van der Waals surface area contributed by atoms with E-state index >= 15 is 0 Å². The minimum absolute atomic E-state index is 0.0926. The van der Waals surface area contributed by atoms with Crippen molar-refractivity contribution < 1.29 is 13.2 Å². The molecule has 0 heterocycles. The van der Waals surface area contributed by atoms with Crippen LogP contribution in [0.3, 0.4) is 0 Å². The standard InChI is InChI=1S/C14H19NO3S/c1-10(2)9-15(4)13-8-12(11(3)16)6-7-14(13)19(5,17)18/h6-8H,1,9H2,2-5H3. The fourth-order valence-corrected chi connectivity index (χ4v) is 2.75. The van der Waals surface area contributed by atoms with Crippen LogP contribution in [0, 0.1) is 0 Å². The highest BCUT2D eigenvalue weighted by Crippen LogP contribution is 2.26. The van der Waals surface area contributed by atoms with Gasteiger partial charge < -0.3 is 4.90 Å². The van der Waals surface area contributed by atoms with Crippen LogP contribution in [0.25, 0.3) is 0 Å². The van der Waals surface area contributed by atoms with E-state index < -0.39 is 9.84 Å². The molecule has 0 amide bonds. The summed E-state index contributed by atoms with van der Waals surface area (Å²) in [6, 6.07) is 4.63. The van der Waals surface area contributed by atoms with Crippen LogP contribution in [-0.4, -0.2) is 34.0 Å². The summed E-state index contributed by atoms with van der Waals surface area (Å²) in [4.78, 5) is 13.4. The molecular weight excluding hydrogens is 262 g/mol. The third-order valence-electron chi connectivity index (χ3n) is 2.68. The molecule has 0 saturated carbocycles. The lowest BCUT2D eigenvalue weighted by Crippen LogP contribution is -2.21. The van der Waals surface area contributed by atoms with Gasteiger partial charge in [-0.05, 0) is 32.0 Å². The van der Waals surface area contributed by atoms with E-state index in [9.17, 15) is 13.2 Å². The van der Waals surface area contributed by atoms with Gasteiger partial charge in [0.05, 0.1) is 10.6 Å². The van der Waals surface area contributed by atoms with E-state index in [1.54, 1.807) is 18.0 Å². The second-order valence-corrected chi connectivity index (χ2v) is 6.81. The Bertz CT molecular complexity index is 618. The molecule has 0 aromatic heterocycles. The highest BCUT2D eigenvalue weighted by Gasteiger charge is 2.17. The van der Waals surface area contributed by atoms with Crippen molar-refractivity contribution in [3.63, 3.8) is 0 Å². The van der Waals surface area contributed by atoms with Gasteiger partial charge in [-0.2, -0.15) is 0 Å². The molecular formula is C14H19NO3S. The molecule has 1 aromatic carbocycles. The Morgan fingerprint density at radius 3 is 2.32 bits per heavy atom. The third kappa shape index (κ3) is 3.92. The lowest BCUT2D eigenvalue weighted by Gasteiger charge is -2.22. The molecule has 0 unspecified atom stereocenters. The molecule has 0 N–H and O–H groups in total. The Labute approximate surface area is 114 Å². The molecule has 19 heavy (non-hydrogen) atoms. The molecule has 0 fully saturated rings. The number of anilines is 1. The summed E-state index contributed by atoms with van der Waals surface area (Å²) in [5.41, 5.74) is 1.93. The molecule has 104 valence electrons. The number of rotatable bonds is 5. The fraction of sp³-hybridized carbons (Fsp3) is 0.357. The Balaban J connectivity index is 3.42. The number of Topliss-reactive ketones (excluding diaryl/α,β-unsaturated/α-hetero) is 1. The van der Waals surface area contributed by atoms with Gasteiger partial charge in [-0.15, -0.1) is 0 Å². The molecule has 4 nitrogen and oxygen atoms in total. The number of carbonyl (C=O) groups is 1. The normalized spacial score (nSPS) is 11.2. The minimum Gasteiger partial charge on any atom is -0.370 e. The number of benzene rings is 1. The largest absolute Gasteiger partial charge is 0.370 e. The van der Waals surface area contributed by atoms with Crippen molar-refractivity contribution in [2.24, 2.45) is 0 Å². The van der Waals surface area contributed by atoms with Gasteiger partial charge in [-0.3, -0.25) is 4.79 Å². The van der Waals surface area contributed by atoms with Gasteiger partial charge in [0.1, 0.15) is 0 Å². The summed E-state index contributed by atoms with van der Waals surface area (Å²) in [6.45, 7) is 7.67. The van der Waals surface area contributed by atoms with Crippen molar-refractivity contribution in [1.29, 1.82) is 0 Å². The Hall–Kier alpha value is -1.62. The number of carbonyl (C=O) groups excluding carboxylic acids is 1. The van der Waals surface area contributed by atoms with Crippen molar-refractivity contribution >= 4 is 21.3 Å². The molecule has 0 aliphatic carbocycles. The number of nitrogens with zero attached hydrogens (tertiary/aromatic N) is 1. The van der Waals surface area contributed by atoms with Crippen molar-refractivity contribution in [3.05, 3.63) is 35.9 Å². The van der Waals surface area contributed by atoms with Crippen molar-refractivity contribution in [2.45, 2.75) is 18.7 Å². The van der Waals surface area contributed by atoms with Gasteiger partial charge in [-0.1, -0.05) is 12.2 Å². The van der Waals surface area contributed by atoms with Gasteiger partial charge in [-0.25, -0.2) is 8.42 Å². The summed E-state index contributed by atoms with van der Waals surface area (Å²) >= 11 is 0. The smallest absolute Gasteiger partial charge is 0.177 e. The first-order valence-corrected chi connectivity index (χ1v) is 7.72.